The van der Waals surface area contributed by atoms with Crippen LogP contribution in [0.1, 0.15) is 24.6 Å². The van der Waals surface area contributed by atoms with Gasteiger partial charge in [-0.3, -0.25) is 0 Å². The van der Waals surface area contributed by atoms with Crippen molar-refractivity contribution in [1.82, 2.24) is 4.98 Å². The first-order valence-electron chi connectivity index (χ1n) is 6.15. The maximum Gasteiger partial charge on any atom is 0.129 e. The number of methoxy groups -OCH3 is 1. The molecule has 2 rings (SSSR count). The van der Waals surface area contributed by atoms with Crippen LogP contribution in [-0.4, -0.2) is 36.4 Å². The van der Waals surface area contributed by atoms with E-state index in [0.29, 0.717) is 6.10 Å². The Balaban J connectivity index is 2.20. The summed E-state index contributed by atoms with van der Waals surface area (Å²) in [4.78, 5) is 6.84. The highest BCUT2D eigenvalue weighted by molar-refractivity contribution is 5.44. The van der Waals surface area contributed by atoms with Crippen LogP contribution in [0.2, 0.25) is 0 Å². The fourth-order valence-electron chi connectivity index (χ4n) is 2.20. The maximum absolute atomic E-state index is 9.25. The monoisotopic (exact) mass is 236 g/mol. The van der Waals surface area contributed by atoms with Crippen LogP contribution in [0.3, 0.4) is 0 Å². The number of hydrogen-bond acceptors (Lipinski definition) is 4. The van der Waals surface area contributed by atoms with Crippen molar-refractivity contribution in [3.8, 4) is 0 Å². The molecule has 1 aliphatic heterocycles. The van der Waals surface area contributed by atoms with Crippen molar-refractivity contribution >= 4 is 5.82 Å². The third-order valence-electron chi connectivity index (χ3n) is 3.27. The number of ether oxygens (including phenoxy) is 1. The highest BCUT2D eigenvalue weighted by atomic mass is 16.5. The Labute approximate surface area is 102 Å². The molecular weight excluding hydrogens is 216 g/mol. The molecule has 1 aliphatic rings. The second kappa shape index (κ2) is 5.47. The lowest BCUT2D eigenvalue weighted by atomic mass is 10.2. The van der Waals surface area contributed by atoms with Gasteiger partial charge in [0.15, 0.2) is 0 Å². The molecule has 0 amide bonds. The highest BCUT2D eigenvalue weighted by Gasteiger charge is 2.23. The zero-order valence-electron chi connectivity index (χ0n) is 10.5. The first-order chi connectivity index (χ1) is 8.26. The number of anilines is 1. The van der Waals surface area contributed by atoms with Gasteiger partial charge in [0.1, 0.15) is 5.82 Å². The van der Waals surface area contributed by atoms with Gasteiger partial charge in [-0.1, -0.05) is 6.92 Å². The topological polar surface area (TPSA) is 45.6 Å². The normalized spacial score (nSPS) is 19.9. The fraction of sp³-hybridized carbons (Fsp3) is 0.615. The quantitative estimate of drug-likeness (QED) is 0.857. The summed E-state index contributed by atoms with van der Waals surface area (Å²) in [7, 11) is 1.75. The summed E-state index contributed by atoms with van der Waals surface area (Å²) in [5.41, 5.74) is 1.97. The number of aliphatic hydroxyl groups excluding tert-OH is 1. The van der Waals surface area contributed by atoms with E-state index in [0.717, 1.165) is 43.0 Å². The Morgan fingerprint density at radius 1 is 1.53 bits per heavy atom. The van der Waals surface area contributed by atoms with Gasteiger partial charge in [0.05, 0.1) is 12.7 Å². The van der Waals surface area contributed by atoms with E-state index < -0.39 is 0 Å². The van der Waals surface area contributed by atoms with Gasteiger partial charge in [0.25, 0.3) is 0 Å². The van der Waals surface area contributed by atoms with E-state index in [1.807, 2.05) is 12.1 Å². The lowest BCUT2D eigenvalue weighted by molar-refractivity contribution is 0.121. The van der Waals surface area contributed by atoms with Crippen LogP contribution < -0.4 is 4.90 Å². The molecule has 0 spiro atoms. The second-order valence-corrected chi connectivity index (χ2v) is 4.43. The lowest BCUT2D eigenvalue weighted by Gasteiger charge is -2.18. The molecule has 1 unspecified atom stereocenters. The summed E-state index contributed by atoms with van der Waals surface area (Å²) in [5, 5.41) is 9.25. The molecule has 1 N–H and O–H groups in total. The third kappa shape index (κ3) is 2.76. The minimum absolute atomic E-state index is 0.0735. The fourth-order valence-corrected chi connectivity index (χ4v) is 2.20. The number of aliphatic hydroxyl groups is 1. The highest BCUT2D eigenvalue weighted by Crippen LogP contribution is 2.21. The van der Waals surface area contributed by atoms with Gasteiger partial charge in [0.2, 0.25) is 0 Å². The Morgan fingerprint density at radius 2 is 2.35 bits per heavy atom. The first-order valence-corrected chi connectivity index (χ1v) is 6.15. The first kappa shape index (κ1) is 12.3. The van der Waals surface area contributed by atoms with E-state index in [2.05, 4.69) is 16.8 Å². The SMILES string of the molecule is CCc1cc(CO)cc(N2CCC(OC)C2)n1. The van der Waals surface area contributed by atoms with Gasteiger partial charge in [-0.2, -0.15) is 0 Å². The average molecular weight is 236 g/mol. The summed E-state index contributed by atoms with van der Waals surface area (Å²) >= 11 is 0. The molecule has 4 nitrogen and oxygen atoms in total. The number of pyridine rings is 1. The number of aromatic nitrogens is 1. The van der Waals surface area contributed by atoms with Crippen LogP contribution in [0.15, 0.2) is 12.1 Å². The minimum atomic E-state index is 0.0735. The van der Waals surface area contributed by atoms with E-state index in [9.17, 15) is 5.11 Å². The Bertz CT molecular complexity index is 359. The van der Waals surface area contributed by atoms with Crippen LogP contribution in [0.25, 0.3) is 0 Å². The van der Waals surface area contributed by atoms with E-state index in [1.165, 1.54) is 0 Å². The predicted octanol–water partition coefficient (Wildman–Crippen LogP) is 1.36. The number of nitrogens with zero attached hydrogens (tertiary/aromatic N) is 2. The molecule has 0 saturated carbocycles. The molecule has 0 aromatic carbocycles. The Morgan fingerprint density at radius 3 is 2.94 bits per heavy atom. The van der Waals surface area contributed by atoms with Gasteiger partial charge in [-0.25, -0.2) is 4.98 Å². The molecule has 17 heavy (non-hydrogen) atoms. The molecule has 2 heterocycles. The Kier molecular flexibility index (Phi) is 3.97. The Hall–Kier alpha value is -1.13. The molecule has 0 radical (unpaired) electrons. The molecule has 0 aliphatic carbocycles. The van der Waals surface area contributed by atoms with Gasteiger partial charge in [-0.05, 0) is 30.5 Å². The van der Waals surface area contributed by atoms with Crippen molar-refractivity contribution in [2.75, 3.05) is 25.1 Å². The van der Waals surface area contributed by atoms with Crippen LogP contribution in [0, 0.1) is 0 Å². The van der Waals surface area contributed by atoms with Crippen LogP contribution >= 0.6 is 0 Å². The summed E-state index contributed by atoms with van der Waals surface area (Å²) in [6.07, 6.45) is 2.24. The number of aryl methyl sites for hydroxylation is 1. The average Bonchev–Trinajstić information content (AvgIpc) is 2.86. The molecule has 94 valence electrons. The van der Waals surface area contributed by atoms with Crippen LogP contribution in [-0.2, 0) is 17.8 Å². The van der Waals surface area contributed by atoms with Crippen molar-refractivity contribution < 1.29 is 9.84 Å². The van der Waals surface area contributed by atoms with Crippen molar-refractivity contribution in [3.05, 3.63) is 23.4 Å². The standard InChI is InChI=1S/C13H20N2O2/c1-3-11-6-10(9-16)7-13(14-11)15-5-4-12(8-15)17-2/h6-7,12,16H,3-5,8-9H2,1-2H3. The molecular formula is C13H20N2O2. The molecule has 0 bridgehead atoms. The molecule has 1 saturated heterocycles. The molecule has 1 fully saturated rings. The zero-order chi connectivity index (χ0) is 12.3. The summed E-state index contributed by atoms with van der Waals surface area (Å²) in [5.74, 6) is 0.966. The summed E-state index contributed by atoms with van der Waals surface area (Å²) in [6, 6.07) is 3.94. The molecule has 1 aromatic heterocycles. The summed E-state index contributed by atoms with van der Waals surface area (Å²) < 4.78 is 5.36. The van der Waals surface area contributed by atoms with E-state index in [4.69, 9.17) is 4.74 Å². The van der Waals surface area contributed by atoms with Crippen molar-refractivity contribution in [1.29, 1.82) is 0 Å². The van der Waals surface area contributed by atoms with Gasteiger partial charge in [0, 0.05) is 25.9 Å². The van der Waals surface area contributed by atoms with Gasteiger partial charge in [-0.15, -0.1) is 0 Å². The van der Waals surface area contributed by atoms with E-state index >= 15 is 0 Å². The second-order valence-electron chi connectivity index (χ2n) is 4.43. The lowest BCUT2D eigenvalue weighted by Crippen LogP contribution is -2.23. The van der Waals surface area contributed by atoms with Gasteiger partial charge >= 0.3 is 0 Å². The minimum Gasteiger partial charge on any atom is -0.392 e. The molecule has 1 aromatic rings. The van der Waals surface area contributed by atoms with Crippen molar-refractivity contribution in [2.24, 2.45) is 0 Å². The largest absolute Gasteiger partial charge is 0.392 e. The maximum atomic E-state index is 9.25. The van der Waals surface area contributed by atoms with Crippen molar-refractivity contribution in [3.63, 3.8) is 0 Å². The van der Waals surface area contributed by atoms with E-state index in [-0.39, 0.29) is 6.61 Å². The smallest absolute Gasteiger partial charge is 0.129 e. The molecule has 1 atom stereocenters. The van der Waals surface area contributed by atoms with E-state index in [1.54, 1.807) is 7.11 Å². The molecule has 4 heteroatoms. The summed E-state index contributed by atoms with van der Waals surface area (Å²) in [6.45, 7) is 4.02. The number of hydrogen-bond donors (Lipinski definition) is 1. The number of rotatable bonds is 4. The van der Waals surface area contributed by atoms with Crippen LogP contribution in [0.5, 0.6) is 0 Å². The predicted molar refractivity (Wildman–Crippen MR) is 67.2 cm³/mol. The van der Waals surface area contributed by atoms with Gasteiger partial charge < -0.3 is 14.7 Å². The third-order valence-corrected chi connectivity index (χ3v) is 3.27. The van der Waals surface area contributed by atoms with Crippen molar-refractivity contribution in [2.45, 2.75) is 32.5 Å². The van der Waals surface area contributed by atoms with Crippen LogP contribution in [0.4, 0.5) is 5.82 Å². The zero-order valence-corrected chi connectivity index (χ0v) is 10.5.